The highest BCUT2D eigenvalue weighted by Crippen LogP contribution is 2.25. The second kappa shape index (κ2) is 5.01. The van der Waals surface area contributed by atoms with E-state index >= 15 is 0 Å². The molecule has 1 unspecified atom stereocenters. The molecule has 1 aliphatic rings. The lowest BCUT2D eigenvalue weighted by molar-refractivity contribution is -0.140. The normalized spacial score (nSPS) is 18.4. The van der Waals surface area contributed by atoms with Gasteiger partial charge in [-0.1, -0.05) is 6.07 Å². The number of ether oxygens (including phenoxy) is 1. The predicted molar refractivity (Wildman–Crippen MR) is 62.3 cm³/mol. The van der Waals surface area contributed by atoms with Crippen LogP contribution in [0.1, 0.15) is 24.8 Å². The molecule has 1 N–H and O–H groups in total. The quantitative estimate of drug-likeness (QED) is 0.790. The first-order chi connectivity index (χ1) is 7.79. The van der Waals surface area contributed by atoms with Crippen LogP contribution in [-0.2, 0) is 16.0 Å². The van der Waals surface area contributed by atoms with Crippen molar-refractivity contribution in [3.05, 3.63) is 29.8 Å². The van der Waals surface area contributed by atoms with Crippen LogP contribution >= 0.6 is 0 Å². The highest BCUT2D eigenvalue weighted by molar-refractivity contribution is 5.69. The van der Waals surface area contributed by atoms with Gasteiger partial charge in [0, 0.05) is 18.2 Å². The van der Waals surface area contributed by atoms with Crippen molar-refractivity contribution >= 4 is 11.7 Å². The van der Waals surface area contributed by atoms with Crippen LogP contribution in [0, 0.1) is 6.07 Å². The Morgan fingerprint density at radius 2 is 2.56 bits per heavy atom. The van der Waals surface area contributed by atoms with E-state index in [9.17, 15) is 4.79 Å². The third-order valence-electron chi connectivity index (χ3n) is 3.00. The maximum atomic E-state index is 11.0. The van der Waals surface area contributed by atoms with Gasteiger partial charge in [0.25, 0.3) is 0 Å². The van der Waals surface area contributed by atoms with Crippen molar-refractivity contribution in [2.75, 3.05) is 12.4 Å². The van der Waals surface area contributed by atoms with Crippen LogP contribution in [0.3, 0.4) is 0 Å². The summed E-state index contributed by atoms with van der Waals surface area (Å²) in [6.45, 7) is 0. The molecular formula is C13H16NO2. The summed E-state index contributed by atoms with van der Waals surface area (Å²) in [6, 6.07) is 9.44. The van der Waals surface area contributed by atoms with Gasteiger partial charge in [-0.25, -0.2) is 0 Å². The number of carbonyl (C=O) groups excluding carboxylic acids is 1. The first-order valence-electron chi connectivity index (χ1n) is 5.62. The first kappa shape index (κ1) is 11.0. The van der Waals surface area contributed by atoms with Crippen molar-refractivity contribution < 1.29 is 9.53 Å². The highest BCUT2D eigenvalue weighted by Gasteiger charge is 2.17. The molecule has 1 aromatic carbocycles. The largest absolute Gasteiger partial charge is 0.469 e. The Labute approximate surface area is 95.8 Å². The second-order valence-corrected chi connectivity index (χ2v) is 4.08. The Hall–Kier alpha value is -1.51. The number of nitrogens with one attached hydrogen (secondary N) is 1. The number of anilines is 1. The van der Waals surface area contributed by atoms with Crippen molar-refractivity contribution in [1.82, 2.24) is 0 Å². The minimum Gasteiger partial charge on any atom is -0.469 e. The minimum atomic E-state index is -0.131. The first-order valence-corrected chi connectivity index (χ1v) is 5.62. The molecule has 1 heterocycles. The molecule has 0 saturated heterocycles. The van der Waals surface area contributed by atoms with E-state index in [4.69, 9.17) is 0 Å². The van der Waals surface area contributed by atoms with Crippen molar-refractivity contribution in [2.45, 2.75) is 31.7 Å². The van der Waals surface area contributed by atoms with E-state index in [2.05, 4.69) is 16.1 Å². The molecule has 0 aliphatic carbocycles. The fraction of sp³-hybridized carbons (Fsp3) is 0.462. The van der Waals surface area contributed by atoms with Crippen LogP contribution in [0.25, 0.3) is 0 Å². The lowest BCUT2D eigenvalue weighted by Crippen LogP contribution is -2.26. The maximum absolute atomic E-state index is 11.0. The molecule has 1 aliphatic heterocycles. The molecule has 1 radical (unpaired) electrons. The van der Waals surface area contributed by atoms with Gasteiger partial charge in [-0.3, -0.25) is 4.79 Å². The van der Waals surface area contributed by atoms with Gasteiger partial charge in [0.1, 0.15) is 0 Å². The number of fused-ring (bicyclic) bond motifs is 1. The summed E-state index contributed by atoms with van der Waals surface area (Å²) in [4.78, 5) is 11.0. The molecule has 0 bridgehead atoms. The molecule has 0 spiro atoms. The van der Waals surface area contributed by atoms with Crippen molar-refractivity contribution in [3.8, 4) is 0 Å². The third kappa shape index (κ3) is 2.54. The summed E-state index contributed by atoms with van der Waals surface area (Å²) in [7, 11) is 1.43. The number of aryl methyl sites for hydroxylation is 1. The molecular weight excluding hydrogens is 202 g/mol. The van der Waals surface area contributed by atoms with Gasteiger partial charge >= 0.3 is 5.97 Å². The molecule has 3 nitrogen and oxygen atoms in total. The SMILES string of the molecule is COC(=O)CCC1CCc2c[c]ccc2N1. The van der Waals surface area contributed by atoms with Crippen molar-refractivity contribution in [3.63, 3.8) is 0 Å². The Bertz CT molecular complexity index is 376. The number of benzene rings is 1. The van der Waals surface area contributed by atoms with Crippen molar-refractivity contribution in [1.29, 1.82) is 0 Å². The van der Waals surface area contributed by atoms with E-state index in [0.717, 1.165) is 19.3 Å². The summed E-state index contributed by atoms with van der Waals surface area (Å²) in [5.41, 5.74) is 2.50. The number of esters is 1. The molecule has 0 aromatic heterocycles. The second-order valence-electron chi connectivity index (χ2n) is 4.08. The van der Waals surface area contributed by atoms with E-state index in [1.807, 2.05) is 18.2 Å². The molecule has 85 valence electrons. The van der Waals surface area contributed by atoms with Crippen LogP contribution in [-0.4, -0.2) is 19.1 Å². The summed E-state index contributed by atoms with van der Waals surface area (Å²) >= 11 is 0. The summed E-state index contributed by atoms with van der Waals surface area (Å²) in [5.74, 6) is -0.131. The van der Waals surface area contributed by atoms with Gasteiger partial charge in [0.2, 0.25) is 0 Å². The third-order valence-corrected chi connectivity index (χ3v) is 3.00. The fourth-order valence-electron chi connectivity index (χ4n) is 2.05. The zero-order valence-electron chi connectivity index (χ0n) is 9.45. The molecule has 16 heavy (non-hydrogen) atoms. The van der Waals surface area contributed by atoms with Gasteiger partial charge in [0.15, 0.2) is 0 Å². The van der Waals surface area contributed by atoms with Crippen LogP contribution in [0.5, 0.6) is 0 Å². The highest BCUT2D eigenvalue weighted by atomic mass is 16.5. The average Bonchev–Trinajstić information content (AvgIpc) is 2.35. The molecule has 0 saturated carbocycles. The Morgan fingerprint density at radius 1 is 1.69 bits per heavy atom. The predicted octanol–water partition coefficient (Wildman–Crippen LogP) is 2.17. The van der Waals surface area contributed by atoms with Gasteiger partial charge in [-0.05, 0) is 43.0 Å². The molecule has 2 rings (SSSR count). The van der Waals surface area contributed by atoms with Crippen LogP contribution < -0.4 is 5.32 Å². The van der Waals surface area contributed by atoms with Crippen LogP contribution in [0.2, 0.25) is 0 Å². The summed E-state index contributed by atoms with van der Waals surface area (Å²) in [6.07, 6.45) is 3.46. The fourth-order valence-corrected chi connectivity index (χ4v) is 2.05. The van der Waals surface area contributed by atoms with Crippen LogP contribution in [0.4, 0.5) is 5.69 Å². The lowest BCUT2D eigenvalue weighted by Gasteiger charge is -2.26. The molecule has 1 atom stereocenters. The van der Waals surface area contributed by atoms with Crippen molar-refractivity contribution in [2.24, 2.45) is 0 Å². The smallest absolute Gasteiger partial charge is 0.305 e. The molecule has 0 amide bonds. The van der Waals surface area contributed by atoms with E-state index < -0.39 is 0 Å². The van der Waals surface area contributed by atoms with E-state index in [1.54, 1.807) is 0 Å². The number of hydrogen-bond acceptors (Lipinski definition) is 3. The average molecular weight is 218 g/mol. The van der Waals surface area contributed by atoms with Gasteiger partial charge in [-0.15, -0.1) is 0 Å². The number of rotatable bonds is 3. The van der Waals surface area contributed by atoms with E-state index in [-0.39, 0.29) is 5.97 Å². The minimum absolute atomic E-state index is 0.131. The molecule has 1 aromatic rings. The van der Waals surface area contributed by atoms with E-state index in [1.165, 1.54) is 18.4 Å². The Balaban J connectivity index is 1.90. The van der Waals surface area contributed by atoms with E-state index in [0.29, 0.717) is 12.5 Å². The standard InChI is InChI=1S/C13H16NO2/c1-16-13(15)9-8-11-7-6-10-4-2-3-5-12(10)14-11/h3-5,11,14H,6-9H2,1H3. The molecule has 3 heteroatoms. The van der Waals surface area contributed by atoms with Crippen LogP contribution in [0.15, 0.2) is 18.2 Å². The van der Waals surface area contributed by atoms with Gasteiger partial charge in [-0.2, -0.15) is 0 Å². The topological polar surface area (TPSA) is 38.3 Å². The maximum Gasteiger partial charge on any atom is 0.305 e. The zero-order chi connectivity index (χ0) is 11.4. The van der Waals surface area contributed by atoms with Gasteiger partial charge < -0.3 is 10.1 Å². The zero-order valence-corrected chi connectivity index (χ0v) is 9.45. The number of hydrogen-bond donors (Lipinski definition) is 1. The van der Waals surface area contributed by atoms with Gasteiger partial charge in [0.05, 0.1) is 7.11 Å². The number of carbonyl (C=O) groups is 1. The molecule has 0 fully saturated rings. The summed E-state index contributed by atoms with van der Waals surface area (Å²) in [5, 5.41) is 3.45. The Morgan fingerprint density at radius 3 is 3.38 bits per heavy atom. The number of methoxy groups -OCH3 is 1. The summed E-state index contributed by atoms with van der Waals surface area (Å²) < 4.78 is 4.64. The lowest BCUT2D eigenvalue weighted by atomic mass is 9.95. The monoisotopic (exact) mass is 218 g/mol. The Kier molecular flexibility index (Phi) is 3.44.